The van der Waals surface area contributed by atoms with Crippen LogP contribution in [0.4, 0.5) is 4.39 Å². The van der Waals surface area contributed by atoms with Crippen LogP contribution in [0.25, 0.3) is 0 Å². The first-order valence-corrected chi connectivity index (χ1v) is 7.90. The number of carboxylic acid groups (broad SMARTS) is 1. The minimum atomic E-state index is -1.30. The van der Waals surface area contributed by atoms with E-state index in [1.165, 1.54) is 0 Å². The van der Waals surface area contributed by atoms with E-state index in [4.69, 9.17) is 9.84 Å². The average Bonchev–Trinajstić information content (AvgIpc) is 3.25. The molecular weight excluding hydrogens is 285 g/mol. The lowest BCUT2D eigenvalue weighted by atomic mass is 9.91. The third-order valence-electron chi connectivity index (χ3n) is 4.56. The highest BCUT2D eigenvalue weighted by Crippen LogP contribution is 2.45. The van der Waals surface area contributed by atoms with Crippen LogP contribution in [0.2, 0.25) is 0 Å². The van der Waals surface area contributed by atoms with E-state index in [0.29, 0.717) is 31.2 Å². The van der Waals surface area contributed by atoms with Crippen molar-refractivity contribution in [1.29, 1.82) is 0 Å². The van der Waals surface area contributed by atoms with Gasteiger partial charge in [0, 0.05) is 6.54 Å². The Hall–Kier alpha value is -1.62. The van der Waals surface area contributed by atoms with Crippen molar-refractivity contribution < 1.29 is 19.0 Å². The second-order valence-corrected chi connectivity index (χ2v) is 6.48. The summed E-state index contributed by atoms with van der Waals surface area (Å²) in [6.45, 7) is 1.05. The number of benzene rings is 1. The first-order valence-electron chi connectivity index (χ1n) is 7.90. The zero-order valence-electron chi connectivity index (χ0n) is 12.6. The van der Waals surface area contributed by atoms with E-state index < -0.39 is 11.6 Å². The molecule has 120 valence electrons. The summed E-state index contributed by atoms with van der Waals surface area (Å²) < 4.78 is 19.9. The van der Waals surface area contributed by atoms with Gasteiger partial charge in [-0.2, -0.15) is 0 Å². The second kappa shape index (κ2) is 6.24. The lowest BCUT2D eigenvalue weighted by Crippen LogP contribution is -2.33. The normalized spacial score (nSPS) is 25.9. The first-order chi connectivity index (χ1) is 10.6. The summed E-state index contributed by atoms with van der Waals surface area (Å²) in [6.07, 6.45) is 2.78. The molecule has 2 aliphatic rings. The molecule has 4 nitrogen and oxygen atoms in total. The predicted octanol–water partition coefficient (Wildman–Crippen LogP) is 2.74. The smallest absolute Gasteiger partial charge is 0.303 e. The number of carboxylic acids is 1. The highest BCUT2D eigenvalue weighted by Gasteiger charge is 2.35. The standard InChI is InChI=1S/C17H22FNO3/c18-17(6-7-19-10-17)11-22-14-3-1-2-13(8-14)15(9-16(20)21)12-4-5-12/h1-3,8,12,15,19H,4-7,9-11H2,(H,20,21). The molecule has 2 N–H and O–H groups in total. The number of ether oxygens (including phenoxy) is 1. The first kappa shape index (κ1) is 15.3. The van der Waals surface area contributed by atoms with Crippen LogP contribution < -0.4 is 10.1 Å². The number of carbonyl (C=O) groups is 1. The van der Waals surface area contributed by atoms with E-state index >= 15 is 0 Å². The van der Waals surface area contributed by atoms with Crippen molar-refractivity contribution in [3.63, 3.8) is 0 Å². The van der Waals surface area contributed by atoms with E-state index in [9.17, 15) is 9.18 Å². The van der Waals surface area contributed by atoms with Crippen molar-refractivity contribution in [3.8, 4) is 5.75 Å². The Kier molecular flexibility index (Phi) is 4.34. The van der Waals surface area contributed by atoms with Crippen molar-refractivity contribution in [1.82, 2.24) is 5.32 Å². The van der Waals surface area contributed by atoms with Crippen LogP contribution in [0.5, 0.6) is 5.75 Å². The monoisotopic (exact) mass is 307 g/mol. The second-order valence-electron chi connectivity index (χ2n) is 6.48. The molecule has 0 amide bonds. The maximum atomic E-state index is 14.3. The fourth-order valence-corrected chi connectivity index (χ4v) is 3.13. The average molecular weight is 307 g/mol. The van der Waals surface area contributed by atoms with Gasteiger partial charge in [-0.1, -0.05) is 12.1 Å². The van der Waals surface area contributed by atoms with Crippen molar-refractivity contribution in [2.75, 3.05) is 19.7 Å². The summed E-state index contributed by atoms with van der Waals surface area (Å²) in [5.41, 5.74) is -0.313. The molecule has 1 saturated heterocycles. The van der Waals surface area contributed by atoms with E-state index in [-0.39, 0.29) is 18.9 Å². The molecule has 1 saturated carbocycles. The molecule has 0 spiro atoms. The molecule has 1 aromatic carbocycles. The quantitative estimate of drug-likeness (QED) is 0.813. The van der Waals surface area contributed by atoms with E-state index in [2.05, 4.69) is 5.32 Å². The number of rotatable bonds is 7. The molecule has 0 bridgehead atoms. The molecular formula is C17H22FNO3. The largest absolute Gasteiger partial charge is 0.490 e. The summed E-state index contributed by atoms with van der Waals surface area (Å²) in [4.78, 5) is 11.1. The van der Waals surface area contributed by atoms with Crippen LogP contribution in [0.3, 0.4) is 0 Å². The number of aliphatic carboxylic acids is 1. The third-order valence-corrected chi connectivity index (χ3v) is 4.56. The van der Waals surface area contributed by atoms with Gasteiger partial charge >= 0.3 is 5.97 Å². The Bertz CT molecular complexity index is 538. The number of nitrogens with one attached hydrogen (secondary N) is 1. The minimum absolute atomic E-state index is 0.0357. The molecule has 1 aromatic rings. The van der Waals surface area contributed by atoms with Gasteiger partial charge in [-0.15, -0.1) is 0 Å². The minimum Gasteiger partial charge on any atom is -0.490 e. The fraction of sp³-hybridized carbons (Fsp3) is 0.588. The van der Waals surface area contributed by atoms with Gasteiger partial charge in [-0.05, 0) is 55.3 Å². The Morgan fingerprint density at radius 2 is 2.32 bits per heavy atom. The summed E-state index contributed by atoms with van der Waals surface area (Å²) in [5, 5.41) is 12.1. The van der Waals surface area contributed by atoms with Crippen LogP contribution >= 0.6 is 0 Å². The molecule has 0 aromatic heterocycles. The van der Waals surface area contributed by atoms with Gasteiger partial charge in [0.1, 0.15) is 12.4 Å². The molecule has 22 heavy (non-hydrogen) atoms. The van der Waals surface area contributed by atoms with E-state index in [0.717, 1.165) is 18.4 Å². The summed E-state index contributed by atoms with van der Waals surface area (Å²) in [7, 11) is 0. The molecule has 1 aliphatic heterocycles. The Morgan fingerprint density at radius 3 is 2.95 bits per heavy atom. The molecule has 1 aliphatic carbocycles. The SMILES string of the molecule is O=C(O)CC(c1cccc(OCC2(F)CCNC2)c1)C1CC1. The highest BCUT2D eigenvalue weighted by atomic mass is 19.1. The summed E-state index contributed by atoms with van der Waals surface area (Å²) in [6, 6.07) is 7.48. The molecule has 2 atom stereocenters. The number of hydrogen-bond acceptors (Lipinski definition) is 3. The van der Waals surface area contributed by atoms with Gasteiger partial charge < -0.3 is 15.2 Å². The molecule has 1 heterocycles. The van der Waals surface area contributed by atoms with Crippen LogP contribution in [0.1, 0.15) is 37.2 Å². The number of halogens is 1. The van der Waals surface area contributed by atoms with Gasteiger partial charge in [0.2, 0.25) is 0 Å². The highest BCUT2D eigenvalue weighted by molar-refractivity contribution is 5.68. The molecule has 0 radical (unpaired) electrons. The Labute approximate surface area is 129 Å². The van der Waals surface area contributed by atoms with Crippen LogP contribution in [-0.4, -0.2) is 36.4 Å². The lowest BCUT2D eigenvalue weighted by Gasteiger charge is -2.20. The van der Waals surface area contributed by atoms with Crippen molar-refractivity contribution >= 4 is 5.97 Å². The van der Waals surface area contributed by atoms with E-state index in [1.807, 2.05) is 18.2 Å². The molecule has 5 heteroatoms. The predicted molar refractivity (Wildman–Crippen MR) is 81.0 cm³/mol. The van der Waals surface area contributed by atoms with Crippen molar-refractivity contribution in [3.05, 3.63) is 29.8 Å². The maximum absolute atomic E-state index is 14.3. The summed E-state index contributed by atoms with van der Waals surface area (Å²) >= 11 is 0. The number of alkyl halides is 1. The van der Waals surface area contributed by atoms with Crippen LogP contribution in [-0.2, 0) is 4.79 Å². The van der Waals surface area contributed by atoms with Gasteiger partial charge in [0.25, 0.3) is 0 Å². The number of hydrogen-bond donors (Lipinski definition) is 2. The maximum Gasteiger partial charge on any atom is 0.303 e. The van der Waals surface area contributed by atoms with Crippen LogP contribution in [0, 0.1) is 5.92 Å². The Balaban J connectivity index is 1.67. The Morgan fingerprint density at radius 1 is 1.50 bits per heavy atom. The third kappa shape index (κ3) is 3.77. The molecule has 2 fully saturated rings. The van der Waals surface area contributed by atoms with Gasteiger partial charge in [-0.25, -0.2) is 4.39 Å². The van der Waals surface area contributed by atoms with Gasteiger partial charge in [0.05, 0.1) is 6.42 Å². The van der Waals surface area contributed by atoms with Crippen molar-refractivity contribution in [2.45, 2.75) is 37.3 Å². The summed E-state index contributed by atoms with van der Waals surface area (Å²) in [5.74, 6) is 0.340. The fourth-order valence-electron chi connectivity index (χ4n) is 3.13. The topological polar surface area (TPSA) is 58.6 Å². The molecule has 3 rings (SSSR count). The van der Waals surface area contributed by atoms with E-state index in [1.54, 1.807) is 6.07 Å². The van der Waals surface area contributed by atoms with Crippen LogP contribution in [0.15, 0.2) is 24.3 Å². The lowest BCUT2D eigenvalue weighted by molar-refractivity contribution is -0.137. The zero-order valence-corrected chi connectivity index (χ0v) is 12.6. The zero-order chi connectivity index (χ0) is 15.6. The van der Waals surface area contributed by atoms with Crippen molar-refractivity contribution in [2.24, 2.45) is 5.92 Å². The van der Waals surface area contributed by atoms with Gasteiger partial charge in [0.15, 0.2) is 5.67 Å². The van der Waals surface area contributed by atoms with Gasteiger partial charge in [-0.3, -0.25) is 4.79 Å². The molecule has 2 unspecified atom stereocenters.